The largest absolute Gasteiger partial charge is 0.461 e. The van der Waals surface area contributed by atoms with Crippen LogP contribution in [-0.4, -0.2) is 25.6 Å². The number of benzene rings is 4. The van der Waals surface area contributed by atoms with Gasteiger partial charge in [0.05, 0.1) is 17.7 Å². The van der Waals surface area contributed by atoms with Crippen molar-refractivity contribution in [1.82, 2.24) is 5.32 Å². The van der Waals surface area contributed by atoms with E-state index in [9.17, 15) is 39.9 Å². The van der Waals surface area contributed by atoms with Gasteiger partial charge in [-0.05, 0) is 52.6 Å². The van der Waals surface area contributed by atoms with Gasteiger partial charge in [0.2, 0.25) is 0 Å². The second kappa shape index (κ2) is 13.2. The third-order valence-electron chi connectivity index (χ3n) is 6.80. The first-order valence-electron chi connectivity index (χ1n) is 13.1. The Bertz CT molecular complexity index is 1630. The Morgan fingerprint density at radius 3 is 2.07 bits per heavy atom. The topological polar surface area (TPSA) is 47.6 Å². The highest BCUT2D eigenvalue weighted by Crippen LogP contribution is 2.39. The average Bonchev–Trinajstić information content (AvgIpc) is 2.97. The lowest BCUT2D eigenvalue weighted by molar-refractivity contribution is -0.253. The fraction of sp³-hybridized carbons (Fsp3) is 0.219. The molecule has 0 aromatic heterocycles. The van der Waals surface area contributed by atoms with Crippen molar-refractivity contribution in [1.29, 1.82) is 0 Å². The van der Waals surface area contributed by atoms with Gasteiger partial charge in [-0.2, -0.15) is 30.7 Å². The maximum atomic E-state index is 15.0. The van der Waals surface area contributed by atoms with Crippen molar-refractivity contribution in [3.8, 4) is 5.75 Å². The molecule has 0 bridgehead atoms. The predicted octanol–water partition coefficient (Wildman–Crippen LogP) is 8.28. The fourth-order valence-corrected chi connectivity index (χ4v) is 4.73. The molecule has 4 rings (SSSR count). The van der Waals surface area contributed by atoms with Gasteiger partial charge in [0.1, 0.15) is 17.4 Å². The molecule has 0 aliphatic rings. The fourth-order valence-electron chi connectivity index (χ4n) is 4.73. The molecule has 0 saturated carbocycles. The van der Waals surface area contributed by atoms with Crippen molar-refractivity contribution in [2.24, 2.45) is 0 Å². The smallest absolute Gasteiger partial charge is 0.428 e. The van der Waals surface area contributed by atoms with Crippen molar-refractivity contribution < 1.29 is 53.8 Å². The van der Waals surface area contributed by atoms with Crippen LogP contribution in [-0.2, 0) is 29.5 Å². The Balaban J connectivity index is 1.96. The molecule has 4 aromatic carbocycles. The summed E-state index contributed by atoms with van der Waals surface area (Å²) in [4.78, 5) is 13.7. The number of ether oxygens (including phenoxy) is 2. The maximum Gasteiger partial charge on any atom is 0.461 e. The molecule has 1 amide bonds. The second-order valence-corrected chi connectivity index (χ2v) is 9.98. The molecule has 45 heavy (non-hydrogen) atoms. The summed E-state index contributed by atoms with van der Waals surface area (Å²) in [7, 11) is 1.44. The first kappa shape index (κ1) is 33.4. The summed E-state index contributed by atoms with van der Waals surface area (Å²) in [5.41, 5.74) is -3.25. The van der Waals surface area contributed by atoms with Gasteiger partial charge in [-0.15, -0.1) is 0 Å². The van der Waals surface area contributed by atoms with Crippen molar-refractivity contribution in [3.05, 3.63) is 136 Å². The summed E-state index contributed by atoms with van der Waals surface area (Å²) >= 11 is 0. The third-order valence-corrected chi connectivity index (χ3v) is 6.80. The van der Waals surface area contributed by atoms with Gasteiger partial charge in [-0.25, -0.2) is 8.78 Å². The Hall–Kier alpha value is -4.52. The molecular weight excluding hydrogens is 617 g/mol. The molecule has 1 N–H and O–H groups in total. The van der Waals surface area contributed by atoms with Gasteiger partial charge < -0.3 is 14.8 Å². The van der Waals surface area contributed by atoms with E-state index in [4.69, 9.17) is 4.74 Å². The summed E-state index contributed by atoms with van der Waals surface area (Å²) < 4.78 is 132. The Morgan fingerprint density at radius 1 is 0.800 bits per heavy atom. The molecule has 4 nitrogen and oxygen atoms in total. The Morgan fingerprint density at radius 2 is 1.47 bits per heavy atom. The van der Waals surface area contributed by atoms with Crippen LogP contribution >= 0.6 is 0 Å². The number of halogens is 9. The predicted molar refractivity (Wildman–Crippen MR) is 145 cm³/mol. The monoisotopic (exact) mass is 641 g/mol. The van der Waals surface area contributed by atoms with Crippen molar-refractivity contribution in [2.75, 3.05) is 7.11 Å². The molecular formula is C32H24F9NO3. The summed E-state index contributed by atoms with van der Waals surface area (Å²) in [6, 6.07) is 17.9. The van der Waals surface area contributed by atoms with E-state index >= 15 is 4.39 Å². The number of carbonyl (C=O) groups excluding carboxylic acids is 1. The number of alkyl halides is 7. The van der Waals surface area contributed by atoms with Gasteiger partial charge in [-0.1, -0.05) is 54.6 Å². The number of amides is 1. The SMILES string of the molecule is COCc1ccc(C(Cc2ccccc2)(NC(=O)c2ccc(F)c(C(F)(F)F)c2)c2cc(F)cc(OC(F)(F)C(F)F)c2)cc1. The standard InChI is InChI=1S/C32H24F9NO3/c1-44-18-20-7-10-22(11-8-20)30(17-19-5-3-2-4-6-19,23-14-24(33)16-25(15-23)45-32(40,41)29(35)36)42-28(43)21-9-12-27(34)26(13-21)31(37,38)39/h2-16,29H,17-18H2,1H3,(H,42,43). The molecule has 1 unspecified atom stereocenters. The summed E-state index contributed by atoms with van der Waals surface area (Å²) in [6.07, 6.45) is -14.7. The van der Waals surface area contributed by atoms with Gasteiger partial charge >= 0.3 is 18.7 Å². The van der Waals surface area contributed by atoms with Crippen LogP contribution in [0.2, 0.25) is 0 Å². The van der Waals surface area contributed by atoms with Crippen LogP contribution in [0.3, 0.4) is 0 Å². The number of methoxy groups -OCH3 is 1. The molecule has 1 atom stereocenters. The zero-order valence-corrected chi connectivity index (χ0v) is 23.3. The van der Waals surface area contributed by atoms with Crippen LogP contribution in [0, 0.1) is 11.6 Å². The van der Waals surface area contributed by atoms with Gasteiger partial charge in [-0.3, -0.25) is 4.79 Å². The van der Waals surface area contributed by atoms with Crippen LogP contribution in [0.4, 0.5) is 39.5 Å². The van der Waals surface area contributed by atoms with Gasteiger partial charge in [0.25, 0.3) is 5.91 Å². The van der Waals surface area contributed by atoms with E-state index in [0.717, 1.165) is 18.2 Å². The minimum atomic E-state index is -5.15. The van der Waals surface area contributed by atoms with E-state index in [2.05, 4.69) is 10.1 Å². The van der Waals surface area contributed by atoms with E-state index in [1.54, 1.807) is 42.5 Å². The number of hydrogen-bond acceptors (Lipinski definition) is 3. The zero-order chi connectivity index (χ0) is 33.0. The van der Waals surface area contributed by atoms with E-state index in [1.165, 1.54) is 19.2 Å². The molecule has 13 heteroatoms. The lowest BCUT2D eigenvalue weighted by atomic mass is 9.77. The van der Waals surface area contributed by atoms with Crippen molar-refractivity contribution in [2.45, 2.75) is 37.3 Å². The minimum Gasteiger partial charge on any atom is -0.428 e. The number of carbonyl (C=O) groups is 1. The molecule has 0 aliphatic carbocycles. The second-order valence-electron chi connectivity index (χ2n) is 9.98. The number of nitrogens with one attached hydrogen (secondary N) is 1. The lowest BCUT2D eigenvalue weighted by Gasteiger charge is -2.37. The normalized spacial score (nSPS) is 13.4. The van der Waals surface area contributed by atoms with E-state index in [-0.39, 0.29) is 24.2 Å². The van der Waals surface area contributed by atoms with Crippen molar-refractivity contribution >= 4 is 5.91 Å². The number of hydrogen-bond donors (Lipinski definition) is 1. The molecule has 0 fully saturated rings. The first-order valence-corrected chi connectivity index (χ1v) is 13.1. The van der Waals surface area contributed by atoms with E-state index < -0.39 is 58.7 Å². The highest BCUT2D eigenvalue weighted by atomic mass is 19.4. The van der Waals surface area contributed by atoms with Gasteiger partial charge in [0.15, 0.2) is 0 Å². The quantitative estimate of drug-likeness (QED) is 0.168. The van der Waals surface area contributed by atoms with Crippen LogP contribution < -0.4 is 10.1 Å². The molecule has 0 aliphatic heterocycles. The Kier molecular flexibility index (Phi) is 9.81. The van der Waals surface area contributed by atoms with Crippen LogP contribution in [0.25, 0.3) is 0 Å². The van der Waals surface area contributed by atoms with Crippen LogP contribution in [0.5, 0.6) is 5.75 Å². The van der Waals surface area contributed by atoms with Gasteiger partial charge in [0, 0.05) is 25.2 Å². The molecule has 0 spiro atoms. The summed E-state index contributed by atoms with van der Waals surface area (Å²) in [6.45, 7) is 0.161. The maximum absolute atomic E-state index is 15.0. The first-order chi connectivity index (χ1) is 21.1. The lowest BCUT2D eigenvalue weighted by Crippen LogP contribution is -2.49. The highest BCUT2D eigenvalue weighted by Gasteiger charge is 2.45. The average molecular weight is 642 g/mol. The van der Waals surface area contributed by atoms with E-state index in [0.29, 0.717) is 29.3 Å². The minimum absolute atomic E-state index is 0.161. The summed E-state index contributed by atoms with van der Waals surface area (Å²) in [5, 5.41) is 2.60. The van der Waals surface area contributed by atoms with Crippen LogP contribution in [0.1, 0.15) is 38.2 Å². The summed E-state index contributed by atoms with van der Waals surface area (Å²) in [5.74, 6) is -5.03. The zero-order valence-electron chi connectivity index (χ0n) is 23.3. The number of rotatable bonds is 11. The molecule has 0 saturated heterocycles. The van der Waals surface area contributed by atoms with Crippen molar-refractivity contribution in [3.63, 3.8) is 0 Å². The van der Waals surface area contributed by atoms with Crippen LogP contribution in [0.15, 0.2) is 91.0 Å². The molecule has 0 radical (unpaired) electrons. The molecule has 4 aromatic rings. The highest BCUT2D eigenvalue weighted by molar-refractivity contribution is 5.95. The van der Waals surface area contributed by atoms with E-state index in [1.807, 2.05) is 0 Å². The molecule has 0 heterocycles. The molecule has 238 valence electrons. The third kappa shape index (κ3) is 7.77. The Labute approximate surface area is 251 Å².